The first-order valence-corrected chi connectivity index (χ1v) is 7.42. The smallest absolute Gasteiger partial charge is 0.246 e. The highest BCUT2D eigenvalue weighted by Gasteiger charge is 2.34. The van der Waals surface area contributed by atoms with Crippen molar-refractivity contribution in [3.05, 3.63) is 47.5 Å². The van der Waals surface area contributed by atoms with Crippen LogP contribution in [-0.4, -0.2) is 32.6 Å². The van der Waals surface area contributed by atoms with Crippen molar-refractivity contribution in [1.82, 2.24) is 19.7 Å². The van der Waals surface area contributed by atoms with Gasteiger partial charge in [-0.15, -0.1) is 10.2 Å². The first kappa shape index (κ1) is 13.8. The molecule has 0 unspecified atom stereocenters. The van der Waals surface area contributed by atoms with Crippen molar-refractivity contribution < 1.29 is 4.79 Å². The lowest BCUT2D eigenvalue weighted by Crippen LogP contribution is -2.41. The van der Waals surface area contributed by atoms with E-state index in [4.69, 9.17) is 0 Å². The fraction of sp³-hybridized carbons (Fsp3) is 0.438. The van der Waals surface area contributed by atoms with Crippen LogP contribution < -0.4 is 0 Å². The topological polar surface area (TPSA) is 51.0 Å². The van der Waals surface area contributed by atoms with Crippen LogP contribution in [0.25, 0.3) is 0 Å². The van der Waals surface area contributed by atoms with Crippen molar-refractivity contribution >= 4 is 5.91 Å². The zero-order valence-corrected chi connectivity index (χ0v) is 12.5. The summed E-state index contributed by atoms with van der Waals surface area (Å²) in [6.45, 7) is 2.66. The van der Waals surface area contributed by atoms with E-state index in [-0.39, 0.29) is 11.9 Å². The monoisotopic (exact) mass is 284 g/mol. The maximum atomic E-state index is 12.6. The van der Waals surface area contributed by atoms with Gasteiger partial charge in [-0.2, -0.15) is 0 Å². The van der Waals surface area contributed by atoms with E-state index < -0.39 is 0 Å². The number of amides is 1. The number of carbonyl (C=O) groups excluding carboxylic acids is 1. The molecule has 0 saturated heterocycles. The molecule has 1 atom stereocenters. The molecule has 0 radical (unpaired) electrons. The molecule has 1 aromatic carbocycles. The second kappa shape index (κ2) is 5.68. The largest absolute Gasteiger partial charge is 0.336 e. The average Bonchev–Trinajstić information content (AvgIpc) is 2.88. The third-order valence-electron chi connectivity index (χ3n) is 3.93. The molecule has 3 rings (SSSR count). The lowest BCUT2D eigenvalue weighted by molar-refractivity contribution is -0.136. The summed E-state index contributed by atoms with van der Waals surface area (Å²) in [7, 11) is 1.83. The Morgan fingerprint density at radius 1 is 1.24 bits per heavy atom. The predicted octanol–water partition coefficient (Wildman–Crippen LogP) is 1.99. The minimum absolute atomic E-state index is 0.142. The Morgan fingerprint density at radius 2 is 2.00 bits per heavy atom. The SMILES string of the molecule is CCCc1nnc2n1[C@H](Cc1ccccc1)C(=O)N(C)C2. The van der Waals surface area contributed by atoms with E-state index in [0.717, 1.165) is 30.1 Å². The van der Waals surface area contributed by atoms with E-state index in [9.17, 15) is 4.79 Å². The standard InChI is InChI=1S/C16H20N4O/c1-3-7-14-17-18-15-11-19(2)16(21)13(20(14)15)10-12-8-5-4-6-9-12/h4-6,8-9,13H,3,7,10-11H2,1-2H3/t13-/m1/s1. The van der Waals surface area contributed by atoms with E-state index in [0.29, 0.717) is 13.0 Å². The van der Waals surface area contributed by atoms with Crippen LogP contribution in [0.1, 0.15) is 36.6 Å². The number of fused-ring (bicyclic) bond motifs is 1. The number of aromatic nitrogens is 3. The molecule has 0 spiro atoms. The van der Waals surface area contributed by atoms with Gasteiger partial charge in [-0.1, -0.05) is 37.3 Å². The highest BCUT2D eigenvalue weighted by molar-refractivity contribution is 5.81. The number of nitrogens with zero attached hydrogens (tertiary/aromatic N) is 4. The maximum Gasteiger partial charge on any atom is 0.246 e. The zero-order chi connectivity index (χ0) is 14.8. The molecule has 2 heterocycles. The maximum absolute atomic E-state index is 12.6. The Morgan fingerprint density at radius 3 is 2.71 bits per heavy atom. The molecule has 0 saturated carbocycles. The van der Waals surface area contributed by atoms with Crippen LogP contribution in [0, 0.1) is 0 Å². The number of hydrogen-bond donors (Lipinski definition) is 0. The molecule has 1 aliphatic rings. The lowest BCUT2D eigenvalue weighted by atomic mass is 10.0. The predicted molar refractivity (Wildman–Crippen MR) is 79.7 cm³/mol. The summed E-state index contributed by atoms with van der Waals surface area (Å²) in [6.07, 6.45) is 2.54. The molecule has 1 aliphatic heterocycles. The molecule has 0 fully saturated rings. The first-order chi connectivity index (χ1) is 10.2. The molecule has 5 nitrogen and oxygen atoms in total. The van der Waals surface area contributed by atoms with Crippen LogP contribution >= 0.6 is 0 Å². The number of aryl methyl sites for hydroxylation is 1. The summed E-state index contributed by atoms with van der Waals surface area (Å²) < 4.78 is 2.05. The molecule has 0 N–H and O–H groups in total. The van der Waals surface area contributed by atoms with Gasteiger partial charge in [-0.3, -0.25) is 4.79 Å². The normalized spacial score (nSPS) is 17.9. The van der Waals surface area contributed by atoms with Gasteiger partial charge in [0.15, 0.2) is 5.82 Å². The fourth-order valence-corrected chi connectivity index (χ4v) is 2.89. The first-order valence-electron chi connectivity index (χ1n) is 7.42. The molecule has 0 bridgehead atoms. The van der Waals surface area contributed by atoms with Gasteiger partial charge in [0.1, 0.15) is 11.9 Å². The van der Waals surface area contributed by atoms with Gasteiger partial charge >= 0.3 is 0 Å². The van der Waals surface area contributed by atoms with Crippen molar-refractivity contribution in [1.29, 1.82) is 0 Å². The van der Waals surface area contributed by atoms with Gasteiger partial charge in [0, 0.05) is 19.9 Å². The van der Waals surface area contributed by atoms with Gasteiger partial charge in [-0.25, -0.2) is 0 Å². The molecular formula is C16H20N4O. The third-order valence-corrected chi connectivity index (χ3v) is 3.93. The second-order valence-corrected chi connectivity index (χ2v) is 5.55. The van der Waals surface area contributed by atoms with Crippen LogP contribution in [0.15, 0.2) is 30.3 Å². The minimum Gasteiger partial charge on any atom is -0.336 e. The fourth-order valence-electron chi connectivity index (χ4n) is 2.89. The van der Waals surface area contributed by atoms with Gasteiger partial charge in [-0.05, 0) is 12.0 Å². The Bertz CT molecular complexity index is 621. The highest BCUT2D eigenvalue weighted by atomic mass is 16.2. The minimum atomic E-state index is -0.224. The van der Waals surface area contributed by atoms with E-state index >= 15 is 0 Å². The van der Waals surface area contributed by atoms with Gasteiger partial charge in [0.05, 0.1) is 6.54 Å². The number of benzene rings is 1. The summed E-state index contributed by atoms with van der Waals surface area (Å²) in [5.41, 5.74) is 1.16. The van der Waals surface area contributed by atoms with Crippen molar-refractivity contribution in [3.8, 4) is 0 Å². The Hall–Kier alpha value is -2.17. The van der Waals surface area contributed by atoms with Gasteiger partial charge in [0.25, 0.3) is 0 Å². The van der Waals surface area contributed by atoms with Crippen LogP contribution in [0.4, 0.5) is 0 Å². The van der Waals surface area contributed by atoms with Crippen LogP contribution in [0.3, 0.4) is 0 Å². The summed E-state index contributed by atoms with van der Waals surface area (Å²) in [5, 5.41) is 8.55. The molecule has 5 heteroatoms. The van der Waals surface area contributed by atoms with Crippen molar-refractivity contribution in [2.45, 2.75) is 38.8 Å². The quantitative estimate of drug-likeness (QED) is 0.862. The number of likely N-dealkylation sites (N-methyl/N-ethyl adjacent to an activating group) is 1. The van der Waals surface area contributed by atoms with E-state index in [1.54, 1.807) is 4.90 Å². The zero-order valence-electron chi connectivity index (χ0n) is 12.5. The highest BCUT2D eigenvalue weighted by Crippen LogP contribution is 2.26. The molecule has 0 aliphatic carbocycles. The van der Waals surface area contributed by atoms with Crippen LogP contribution in [0.5, 0.6) is 0 Å². The van der Waals surface area contributed by atoms with E-state index in [2.05, 4.69) is 33.8 Å². The Labute approximate surface area is 124 Å². The number of carbonyl (C=O) groups is 1. The van der Waals surface area contributed by atoms with Crippen LogP contribution in [-0.2, 0) is 24.2 Å². The molecule has 1 aromatic heterocycles. The summed E-state index contributed by atoms with van der Waals surface area (Å²) in [5.74, 6) is 1.96. The van der Waals surface area contributed by atoms with E-state index in [1.807, 2.05) is 25.2 Å². The van der Waals surface area contributed by atoms with Gasteiger partial charge < -0.3 is 9.47 Å². The molecule has 110 valence electrons. The second-order valence-electron chi connectivity index (χ2n) is 5.55. The summed E-state index contributed by atoms with van der Waals surface area (Å²) in [6, 6.07) is 9.90. The molecule has 2 aromatic rings. The molecule has 1 amide bonds. The number of rotatable bonds is 4. The Kier molecular flexibility index (Phi) is 3.73. The molecular weight excluding hydrogens is 264 g/mol. The van der Waals surface area contributed by atoms with Crippen LogP contribution in [0.2, 0.25) is 0 Å². The number of hydrogen-bond acceptors (Lipinski definition) is 3. The lowest BCUT2D eigenvalue weighted by Gasteiger charge is -2.31. The Balaban J connectivity index is 1.98. The van der Waals surface area contributed by atoms with Crippen molar-refractivity contribution in [3.63, 3.8) is 0 Å². The van der Waals surface area contributed by atoms with E-state index in [1.165, 1.54) is 0 Å². The molecule has 21 heavy (non-hydrogen) atoms. The third kappa shape index (κ3) is 2.55. The van der Waals surface area contributed by atoms with Gasteiger partial charge in [0.2, 0.25) is 5.91 Å². The van der Waals surface area contributed by atoms with Crippen molar-refractivity contribution in [2.24, 2.45) is 0 Å². The average molecular weight is 284 g/mol. The summed E-state index contributed by atoms with van der Waals surface area (Å²) in [4.78, 5) is 14.3. The van der Waals surface area contributed by atoms with Crippen molar-refractivity contribution in [2.75, 3.05) is 7.05 Å². The summed E-state index contributed by atoms with van der Waals surface area (Å²) >= 11 is 0.